The molecule has 7 heteroatoms. The summed E-state index contributed by atoms with van der Waals surface area (Å²) in [6.07, 6.45) is 0.165. The highest BCUT2D eigenvalue weighted by atomic mass is 35.5. The molecule has 0 aliphatic rings. The Bertz CT molecular complexity index is 465. The Balaban J connectivity index is 2.78. The van der Waals surface area contributed by atoms with Crippen molar-refractivity contribution in [2.24, 2.45) is 5.73 Å². The topological polar surface area (TPSA) is 98.3 Å². The van der Waals surface area contributed by atoms with Crippen molar-refractivity contribution >= 4 is 23.2 Å². The molecule has 6 nitrogen and oxygen atoms in total. The Morgan fingerprint density at radius 3 is 2.83 bits per heavy atom. The van der Waals surface area contributed by atoms with Crippen molar-refractivity contribution in [2.45, 2.75) is 25.9 Å². The van der Waals surface area contributed by atoms with E-state index in [1.165, 1.54) is 12.1 Å². The fraction of sp³-hybridized carbons (Fsp3) is 0.364. The summed E-state index contributed by atoms with van der Waals surface area (Å²) in [7, 11) is 0. The maximum Gasteiger partial charge on any atom is 0.275 e. The van der Waals surface area contributed by atoms with E-state index in [9.17, 15) is 14.9 Å². The predicted molar refractivity (Wildman–Crippen MR) is 68.2 cm³/mol. The van der Waals surface area contributed by atoms with Crippen LogP contribution in [0, 0.1) is 10.1 Å². The number of nitro groups is 1. The number of carbonyl (C=O) groups excluding carboxylic acids is 1. The number of rotatable bonds is 6. The van der Waals surface area contributed by atoms with Crippen LogP contribution in [0.4, 0.5) is 5.69 Å². The number of nitrogens with zero attached hydrogens (tertiary/aromatic N) is 1. The van der Waals surface area contributed by atoms with Crippen LogP contribution in [-0.4, -0.2) is 16.9 Å². The zero-order chi connectivity index (χ0) is 13.7. The van der Waals surface area contributed by atoms with Crippen LogP contribution in [0.15, 0.2) is 18.2 Å². The molecule has 18 heavy (non-hydrogen) atoms. The van der Waals surface area contributed by atoms with Gasteiger partial charge in [0, 0.05) is 25.1 Å². The second-order valence-electron chi connectivity index (χ2n) is 3.95. The minimum absolute atomic E-state index is 0.0405. The molecule has 98 valence electrons. The highest BCUT2D eigenvalue weighted by Gasteiger charge is 2.17. The second kappa shape index (κ2) is 6.32. The second-order valence-corrected chi connectivity index (χ2v) is 4.35. The van der Waals surface area contributed by atoms with Gasteiger partial charge in [0.2, 0.25) is 5.91 Å². The highest BCUT2D eigenvalue weighted by Crippen LogP contribution is 2.26. The largest absolute Gasteiger partial charge is 0.370 e. The van der Waals surface area contributed by atoms with Crippen molar-refractivity contribution in [3.8, 4) is 0 Å². The van der Waals surface area contributed by atoms with E-state index in [0.717, 1.165) is 0 Å². The van der Waals surface area contributed by atoms with Gasteiger partial charge >= 0.3 is 0 Å². The van der Waals surface area contributed by atoms with Gasteiger partial charge in [-0.15, -0.1) is 0 Å². The summed E-state index contributed by atoms with van der Waals surface area (Å²) in [5.41, 5.74) is 5.42. The van der Waals surface area contributed by atoms with Crippen molar-refractivity contribution in [3.05, 3.63) is 38.9 Å². The molecule has 1 aromatic rings. The van der Waals surface area contributed by atoms with Crippen molar-refractivity contribution in [1.29, 1.82) is 0 Å². The van der Waals surface area contributed by atoms with Gasteiger partial charge < -0.3 is 11.1 Å². The van der Waals surface area contributed by atoms with Gasteiger partial charge in [-0.1, -0.05) is 17.7 Å². The summed E-state index contributed by atoms with van der Waals surface area (Å²) < 4.78 is 0. The highest BCUT2D eigenvalue weighted by molar-refractivity contribution is 6.31. The van der Waals surface area contributed by atoms with Crippen LogP contribution >= 0.6 is 11.6 Å². The lowest BCUT2D eigenvalue weighted by atomic mass is 10.1. The van der Waals surface area contributed by atoms with Crippen molar-refractivity contribution in [3.63, 3.8) is 0 Å². The lowest BCUT2D eigenvalue weighted by molar-refractivity contribution is -0.385. The van der Waals surface area contributed by atoms with Crippen LogP contribution in [0.5, 0.6) is 0 Å². The van der Waals surface area contributed by atoms with Crippen LogP contribution in [-0.2, 0) is 11.3 Å². The molecule has 0 aromatic heterocycles. The number of amides is 1. The molecule has 0 saturated carbocycles. The van der Waals surface area contributed by atoms with E-state index in [4.69, 9.17) is 17.3 Å². The quantitative estimate of drug-likeness (QED) is 0.606. The summed E-state index contributed by atoms with van der Waals surface area (Å²) in [5, 5.41) is 14.1. The van der Waals surface area contributed by atoms with Gasteiger partial charge in [-0.25, -0.2) is 0 Å². The fourth-order valence-corrected chi connectivity index (χ4v) is 1.78. The van der Waals surface area contributed by atoms with Gasteiger partial charge in [0.1, 0.15) is 0 Å². The van der Waals surface area contributed by atoms with Gasteiger partial charge in [0.25, 0.3) is 5.69 Å². The van der Waals surface area contributed by atoms with Gasteiger partial charge in [0.15, 0.2) is 0 Å². The smallest absolute Gasteiger partial charge is 0.275 e. The molecule has 3 N–H and O–H groups in total. The van der Waals surface area contributed by atoms with Gasteiger partial charge in [-0.2, -0.15) is 0 Å². The SMILES string of the molecule is CC(CC(N)=O)NCc1c(Cl)cccc1[N+](=O)[O-]. The third-order valence-corrected chi connectivity index (χ3v) is 2.78. The molecule has 0 saturated heterocycles. The number of hydrogen-bond acceptors (Lipinski definition) is 4. The summed E-state index contributed by atoms with van der Waals surface area (Å²) in [4.78, 5) is 21.1. The summed E-state index contributed by atoms with van der Waals surface area (Å²) in [6, 6.07) is 4.33. The predicted octanol–water partition coefficient (Wildman–Crippen LogP) is 1.60. The average Bonchev–Trinajstić information content (AvgIpc) is 2.25. The number of primary amides is 1. The van der Waals surface area contributed by atoms with E-state index in [1.807, 2.05) is 0 Å². The minimum atomic E-state index is -0.484. The number of nitrogens with one attached hydrogen (secondary N) is 1. The zero-order valence-electron chi connectivity index (χ0n) is 9.85. The first kappa shape index (κ1) is 14.4. The molecule has 0 fully saturated rings. The standard InChI is InChI=1S/C11H14ClN3O3/c1-7(5-11(13)16)14-6-8-9(12)3-2-4-10(8)15(17)18/h2-4,7,14H,5-6H2,1H3,(H2,13,16). The first-order valence-electron chi connectivity index (χ1n) is 5.35. The van der Waals surface area contributed by atoms with Crippen LogP contribution in [0.25, 0.3) is 0 Å². The Morgan fingerprint density at radius 1 is 1.61 bits per heavy atom. The summed E-state index contributed by atoms with van der Waals surface area (Å²) >= 11 is 5.93. The number of nitrogens with two attached hydrogens (primary N) is 1. The molecule has 1 aromatic carbocycles. The molecular weight excluding hydrogens is 258 g/mol. The maximum atomic E-state index is 10.8. The molecule has 0 aliphatic carbocycles. The molecule has 0 radical (unpaired) electrons. The van der Waals surface area contributed by atoms with Crippen molar-refractivity contribution in [2.75, 3.05) is 0 Å². The maximum absolute atomic E-state index is 10.8. The van der Waals surface area contributed by atoms with E-state index in [-0.39, 0.29) is 24.7 Å². The summed E-state index contributed by atoms with van der Waals surface area (Å²) in [5.74, 6) is -0.427. The van der Waals surface area contributed by atoms with E-state index in [2.05, 4.69) is 5.32 Å². The number of carbonyl (C=O) groups is 1. The first-order valence-corrected chi connectivity index (χ1v) is 5.73. The lowest BCUT2D eigenvalue weighted by Gasteiger charge is -2.12. The molecule has 1 unspecified atom stereocenters. The van der Waals surface area contributed by atoms with Crippen molar-refractivity contribution < 1.29 is 9.72 Å². The molecule has 1 rings (SSSR count). The number of benzene rings is 1. The molecule has 1 amide bonds. The monoisotopic (exact) mass is 271 g/mol. The average molecular weight is 272 g/mol. The third-order valence-electron chi connectivity index (χ3n) is 2.43. The van der Waals surface area contributed by atoms with E-state index >= 15 is 0 Å². The Labute approximate surface area is 109 Å². The van der Waals surface area contributed by atoms with E-state index in [0.29, 0.717) is 10.6 Å². The molecule has 0 aliphatic heterocycles. The minimum Gasteiger partial charge on any atom is -0.370 e. The van der Waals surface area contributed by atoms with Crippen LogP contribution in [0.2, 0.25) is 5.02 Å². The Kier molecular flexibility index (Phi) is 5.06. The van der Waals surface area contributed by atoms with Gasteiger partial charge in [-0.3, -0.25) is 14.9 Å². The molecule has 0 spiro atoms. The Morgan fingerprint density at radius 2 is 2.28 bits per heavy atom. The zero-order valence-corrected chi connectivity index (χ0v) is 10.6. The van der Waals surface area contributed by atoms with Crippen LogP contribution < -0.4 is 11.1 Å². The van der Waals surface area contributed by atoms with Gasteiger partial charge in [-0.05, 0) is 13.0 Å². The number of halogens is 1. The van der Waals surface area contributed by atoms with E-state index < -0.39 is 10.8 Å². The Hall–Kier alpha value is -1.66. The normalized spacial score (nSPS) is 12.1. The summed E-state index contributed by atoms with van der Waals surface area (Å²) in [6.45, 7) is 1.98. The number of nitro benzene ring substituents is 1. The molecule has 1 atom stereocenters. The van der Waals surface area contributed by atoms with Crippen molar-refractivity contribution in [1.82, 2.24) is 5.32 Å². The molecule has 0 bridgehead atoms. The molecular formula is C11H14ClN3O3. The first-order chi connectivity index (χ1) is 8.41. The van der Waals surface area contributed by atoms with Gasteiger partial charge in [0.05, 0.1) is 15.5 Å². The fourth-order valence-electron chi connectivity index (χ4n) is 1.54. The van der Waals surface area contributed by atoms with Crippen LogP contribution in [0.3, 0.4) is 0 Å². The lowest BCUT2D eigenvalue weighted by Crippen LogP contribution is -2.30. The third kappa shape index (κ3) is 3.97. The number of hydrogen-bond donors (Lipinski definition) is 2. The van der Waals surface area contributed by atoms with E-state index in [1.54, 1.807) is 13.0 Å². The van der Waals surface area contributed by atoms with Crippen LogP contribution in [0.1, 0.15) is 18.9 Å². The molecule has 0 heterocycles.